The van der Waals surface area contributed by atoms with Crippen LogP contribution in [0, 0.1) is 11.2 Å². The van der Waals surface area contributed by atoms with E-state index in [4.69, 9.17) is 4.74 Å². The normalized spacial score (nSPS) is 12.5. The third kappa shape index (κ3) is 5.53. The van der Waals surface area contributed by atoms with Crippen LogP contribution in [0.15, 0.2) is 47.1 Å². The Kier molecular flexibility index (Phi) is 6.75. The van der Waals surface area contributed by atoms with Crippen molar-refractivity contribution in [3.05, 3.63) is 58.6 Å². The van der Waals surface area contributed by atoms with Crippen molar-refractivity contribution in [1.29, 1.82) is 0 Å². The zero-order valence-corrected chi connectivity index (χ0v) is 17.1. The van der Waals surface area contributed by atoms with Gasteiger partial charge in [-0.3, -0.25) is 9.78 Å². The second-order valence-corrected chi connectivity index (χ2v) is 8.19. The first-order valence-electron chi connectivity index (χ1n) is 8.42. The molecule has 0 aliphatic rings. The highest BCUT2D eigenvalue weighted by Gasteiger charge is 2.31. The van der Waals surface area contributed by atoms with Crippen LogP contribution in [0.3, 0.4) is 0 Å². The molecule has 0 fully saturated rings. The van der Waals surface area contributed by atoms with E-state index >= 15 is 0 Å². The first-order chi connectivity index (χ1) is 12.2. The molecule has 0 unspecified atom stereocenters. The summed E-state index contributed by atoms with van der Waals surface area (Å²) in [5, 5.41) is 0. The number of hydrogen-bond acceptors (Lipinski definition) is 3. The van der Waals surface area contributed by atoms with Gasteiger partial charge in [-0.2, -0.15) is 0 Å². The number of hydrogen-bond donors (Lipinski definition) is 0. The first kappa shape index (κ1) is 20.4. The largest absolute Gasteiger partial charge is 0.481 e. The summed E-state index contributed by atoms with van der Waals surface area (Å²) in [6, 6.07) is 10.2. The molecule has 0 N–H and O–H groups in total. The smallest absolute Gasteiger partial charge is 0.260 e. The zero-order valence-electron chi connectivity index (χ0n) is 15.5. The van der Waals surface area contributed by atoms with Crippen molar-refractivity contribution in [2.24, 2.45) is 5.41 Å². The van der Waals surface area contributed by atoms with Gasteiger partial charge in [0.25, 0.3) is 5.91 Å². The van der Waals surface area contributed by atoms with Gasteiger partial charge in [-0.25, -0.2) is 4.39 Å². The molecule has 26 heavy (non-hydrogen) atoms. The number of nitrogens with zero attached hydrogens (tertiary/aromatic N) is 2. The van der Waals surface area contributed by atoms with Gasteiger partial charge in [0.2, 0.25) is 0 Å². The molecule has 0 bridgehead atoms. The average molecular weight is 423 g/mol. The summed E-state index contributed by atoms with van der Waals surface area (Å²) in [4.78, 5) is 18.7. The predicted octanol–water partition coefficient (Wildman–Crippen LogP) is 4.48. The molecule has 0 radical (unpaired) electrons. The number of benzene rings is 1. The van der Waals surface area contributed by atoms with Crippen LogP contribution < -0.4 is 4.74 Å². The van der Waals surface area contributed by atoms with E-state index in [9.17, 15) is 9.18 Å². The molecule has 2 aromatic rings. The lowest BCUT2D eigenvalue weighted by molar-refractivity contribution is -0.136. The number of carbonyl (C=O) groups excluding carboxylic acids is 1. The first-order valence-corrected chi connectivity index (χ1v) is 9.21. The molecular formula is C20H24BrFN2O2. The second kappa shape index (κ2) is 8.62. The van der Waals surface area contributed by atoms with Crippen molar-refractivity contribution >= 4 is 21.8 Å². The second-order valence-electron chi connectivity index (χ2n) is 7.28. The van der Waals surface area contributed by atoms with Crippen molar-refractivity contribution in [3.63, 3.8) is 0 Å². The van der Waals surface area contributed by atoms with Crippen LogP contribution in [0.25, 0.3) is 0 Å². The van der Waals surface area contributed by atoms with Crippen LogP contribution in [0.5, 0.6) is 5.75 Å². The molecule has 4 nitrogen and oxygen atoms in total. The molecule has 2 rings (SSSR count). The van der Waals surface area contributed by atoms with Gasteiger partial charge in [-0.1, -0.05) is 42.8 Å². The highest BCUT2D eigenvalue weighted by Crippen LogP contribution is 2.27. The van der Waals surface area contributed by atoms with Crippen molar-refractivity contribution in [2.75, 3.05) is 13.7 Å². The Labute approximate surface area is 162 Å². The van der Waals surface area contributed by atoms with Crippen LogP contribution in [0.1, 0.15) is 26.5 Å². The number of amides is 1. The van der Waals surface area contributed by atoms with E-state index in [-0.39, 0.29) is 29.7 Å². The fourth-order valence-corrected chi connectivity index (χ4v) is 3.08. The van der Waals surface area contributed by atoms with Crippen molar-refractivity contribution < 1.29 is 13.9 Å². The summed E-state index contributed by atoms with van der Waals surface area (Å²) in [5.74, 6) is -0.647. The Morgan fingerprint density at radius 1 is 1.31 bits per heavy atom. The summed E-state index contributed by atoms with van der Waals surface area (Å²) < 4.78 is 19.9. The number of likely N-dealkylation sites (N-methyl/N-ethyl adjacent to an activating group) is 1. The van der Waals surface area contributed by atoms with Crippen LogP contribution in [-0.4, -0.2) is 35.5 Å². The van der Waals surface area contributed by atoms with Crippen LogP contribution in [0.2, 0.25) is 0 Å². The molecule has 0 spiro atoms. The minimum Gasteiger partial charge on any atom is -0.481 e. The van der Waals surface area contributed by atoms with Gasteiger partial charge < -0.3 is 9.64 Å². The van der Waals surface area contributed by atoms with Crippen molar-refractivity contribution in [1.82, 2.24) is 9.88 Å². The monoisotopic (exact) mass is 422 g/mol. The molecule has 1 aromatic carbocycles. The van der Waals surface area contributed by atoms with E-state index in [2.05, 4.69) is 41.7 Å². The summed E-state index contributed by atoms with van der Waals surface area (Å²) in [6.07, 6.45) is 2.38. The maximum atomic E-state index is 13.8. The van der Waals surface area contributed by atoms with Crippen LogP contribution in [-0.2, 0) is 11.2 Å². The molecule has 0 aliphatic carbocycles. The maximum absolute atomic E-state index is 13.8. The number of carbonyl (C=O) groups is 1. The molecule has 1 atom stereocenters. The number of pyridine rings is 1. The van der Waals surface area contributed by atoms with Crippen LogP contribution >= 0.6 is 15.9 Å². The Morgan fingerprint density at radius 3 is 2.62 bits per heavy atom. The lowest BCUT2D eigenvalue weighted by atomic mass is 9.83. The fourth-order valence-electron chi connectivity index (χ4n) is 2.75. The van der Waals surface area contributed by atoms with Gasteiger partial charge in [0, 0.05) is 35.9 Å². The van der Waals surface area contributed by atoms with E-state index in [0.717, 1.165) is 5.69 Å². The van der Waals surface area contributed by atoms with Crippen LogP contribution in [0.4, 0.5) is 4.39 Å². The maximum Gasteiger partial charge on any atom is 0.260 e. The Bertz CT molecular complexity index is 747. The summed E-state index contributed by atoms with van der Waals surface area (Å²) in [6.45, 7) is 6.03. The molecule has 6 heteroatoms. The highest BCUT2D eigenvalue weighted by molar-refractivity contribution is 9.10. The summed E-state index contributed by atoms with van der Waals surface area (Å²) in [7, 11) is 1.75. The Hall–Kier alpha value is -1.95. The van der Waals surface area contributed by atoms with E-state index in [1.165, 1.54) is 12.1 Å². The van der Waals surface area contributed by atoms with E-state index < -0.39 is 5.82 Å². The molecule has 140 valence electrons. The van der Waals surface area contributed by atoms with E-state index in [1.807, 2.05) is 18.2 Å². The lowest BCUT2D eigenvalue weighted by Gasteiger charge is -2.38. The summed E-state index contributed by atoms with van der Waals surface area (Å²) in [5.41, 5.74) is 0.775. The minimum atomic E-state index is -0.504. The number of ether oxygens (including phenoxy) is 1. The predicted molar refractivity (Wildman–Crippen MR) is 104 cm³/mol. The van der Waals surface area contributed by atoms with Gasteiger partial charge in [-0.05, 0) is 35.7 Å². The number of aromatic nitrogens is 1. The van der Waals surface area contributed by atoms with Gasteiger partial charge in [0.1, 0.15) is 0 Å². The van der Waals surface area contributed by atoms with Gasteiger partial charge in [0.05, 0.1) is 0 Å². The lowest BCUT2D eigenvalue weighted by Crippen LogP contribution is -2.48. The van der Waals surface area contributed by atoms with E-state index in [0.29, 0.717) is 10.9 Å². The minimum absolute atomic E-state index is 0.0620. The van der Waals surface area contributed by atoms with Crippen molar-refractivity contribution in [3.8, 4) is 5.75 Å². The standard InChI is InChI=1S/C20H24BrFN2O2/c1-20(2,3)18(12-15-7-5-6-10-23-15)24(4)19(25)13-26-17-9-8-14(21)11-16(17)22/h5-11,18H,12-13H2,1-4H3/t18-/m1/s1. The fraction of sp³-hybridized carbons (Fsp3) is 0.400. The molecule has 1 heterocycles. The Morgan fingerprint density at radius 2 is 2.04 bits per heavy atom. The third-order valence-electron chi connectivity index (χ3n) is 4.23. The Balaban J connectivity index is 2.07. The van der Waals surface area contributed by atoms with Gasteiger partial charge in [0.15, 0.2) is 18.2 Å². The average Bonchev–Trinajstić information content (AvgIpc) is 2.58. The summed E-state index contributed by atoms with van der Waals surface area (Å²) >= 11 is 3.20. The SMILES string of the molecule is CN(C(=O)COc1ccc(Br)cc1F)[C@H](Cc1ccccn1)C(C)(C)C. The highest BCUT2D eigenvalue weighted by atomic mass is 79.9. The quantitative estimate of drug-likeness (QED) is 0.688. The topological polar surface area (TPSA) is 42.4 Å². The molecule has 0 saturated heterocycles. The molecule has 1 amide bonds. The van der Waals surface area contributed by atoms with E-state index in [1.54, 1.807) is 24.2 Å². The number of halogens is 2. The number of rotatable bonds is 6. The van der Waals surface area contributed by atoms with Gasteiger partial charge in [-0.15, -0.1) is 0 Å². The van der Waals surface area contributed by atoms with Crippen molar-refractivity contribution in [2.45, 2.75) is 33.2 Å². The molecule has 0 saturated carbocycles. The van der Waals surface area contributed by atoms with Gasteiger partial charge >= 0.3 is 0 Å². The third-order valence-corrected chi connectivity index (χ3v) is 4.73. The molecule has 1 aromatic heterocycles. The molecular weight excluding hydrogens is 399 g/mol. The zero-order chi connectivity index (χ0) is 19.3. The molecule has 0 aliphatic heterocycles.